The molecular weight excluding hydrogens is 102 g/mol. The van der Waals surface area contributed by atoms with E-state index in [2.05, 4.69) is 19.0 Å². The minimum Gasteiger partial charge on any atom is -0.145 e. The van der Waals surface area contributed by atoms with Crippen LogP contribution in [-0.2, 0) is 0 Å². The maximum atomic E-state index is 9.45. The van der Waals surface area contributed by atoms with Crippen LogP contribution < -0.4 is 0 Å². The Morgan fingerprint density at radius 2 is 2.25 bits per heavy atom. The third-order valence-electron chi connectivity index (χ3n) is 0.774. The number of nitroso groups, excluding NO2 is 1. The van der Waals surface area contributed by atoms with Crippen molar-refractivity contribution >= 4 is 0 Å². The first-order valence-electron chi connectivity index (χ1n) is 2.75. The van der Waals surface area contributed by atoms with Gasteiger partial charge < -0.3 is 0 Å². The molecule has 0 aromatic heterocycles. The molecule has 0 fully saturated rings. The van der Waals surface area contributed by atoms with Gasteiger partial charge in [-0.15, -0.1) is 4.91 Å². The zero-order chi connectivity index (χ0) is 6.41. The van der Waals surface area contributed by atoms with Crippen molar-refractivity contribution in [1.29, 1.82) is 0 Å². The third-order valence-corrected chi connectivity index (χ3v) is 0.774. The Labute approximate surface area is 49.6 Å². The van der Waals surface area contributed by atoms with Gasteiger partial charge in [0, 0.05) is 0 Å². The lowest BCUT2D eigenvalue weighted by atomic mass is 10.1. The largest absolute Gasteiger partial charge is 0.145 e. The SMILES string of the molecule is CC(C)C/C=C/N=O. The molecule has 0 saturated carbocycles. The minimum atomic E-state index is 0.619. The molecule has 0 heterocycles. The maximum absolute atomic E-state index is 9.45. The molecule has 8 heavy (non-hydrogen) atoms. The Morgan fingerprint density at radius 3 is 2.62 bits per heavy atom. The van der Waals surface area contributed by atoms with Crippen molar-refractivity contribution in [3.05, 3.63) is 17.2 Å². The summed E-state index contributed by atoms with van der Waals surface area (Å²) >= 11 is 0. The van der Waals surface area contributed by atoms with Gasteiger partial charge >= 0.3 is 0 Å². The highest BCUT2D eigenvalue weighted by Gasteiger charge is 1.85. The maximum Gasteiger partial charge on any atom is 0.0675 e. The molecule has 0 aliphatic heterocycles. The molecule has 0 spiro atoms. The molecule has 0 saturated heterocycles. The van der Waals surface area contributed by atoms with E-state index < -0.39 is 0 Å². The van der Waals surface area contributed by atoms with E-state index in [1.807, 2.05) is 0 Å². The van der Waals surface area contributed by atoms with Gasteiger partial charge in [-0.3, -0.25) is 0 Å². The molecule has 0 rings (SSSR count). The zero-order valence-corrected chi connectivity index (χ0v) is 5.29. The molecule has 0 aliphatic carbocycles. The molecule has 0 aromatic carbocycles. The monoisotopic (exact) mass is 113 g/mol. The smallest absolute Gasteiger partial charge is 0.0675 e. The lowest BCUT2D eigenvalue weighted by Crippen LogP contribution is -1.79. The predicted octanol–water partition coefficient (Wildman–Crippen LogP) is 2.31. The summed E-state index contributed by atoms with van der Waals surface area (Å²) in [4.78, 5) is 9.45. The summed E-state index contributed by atoms with van der Waals surface area (Å²) in [5.41, 5.74) is 0. The molecule has 0 amide bonds. The van der Waals surface area contributed by atoms with Crippen molar-refractivity contribution in [3.8, 4) is 0 Å². The Hall–Kier alpha value is -0.660. The van der Waals surface area contributed by atoms with E-state index in [0.29, 0.717) is 5.92 Å². The van der Waals surface area contributed by atoms with Gasteiger partial charge in [0.25, 0.3) is 0 Å². The van der Waals surface area contributed by atoms with E-state index in [1.165, 1.54) is 6.20 Å². The highest BCUT2D eigenvalue weighted by Crippen LogP contribution is 1.98. The number of rotatable bonds is 3. The van der Waals surface area contributed by atoms with Gasteiger partial charge in [-0.1, -0.05) is 19.9 Å². The standard InChI is InChI=1S/C6H11NO/c1-6(2)4-3-5-7-8/h3,5-6H,4H2,1-2H3/b5-3+. The van der Waals surface area contributed by atoms with Crippen molar-refractivity contribution in [3.63, 3.8) is 0 Å². The molecule has 0 aromatic rings. The number of allylic oxidation sites excluding steroid dienone is 1. The van der Waals surface area contributed by atoms with Gasteiger partial charge in [-0.25, -0.2) is 0 Å². The normalized spacial score (nSPS) is 10.9. The van der Waals surface area contributed by atoms with Gasteiger partial charge in [0.1, 0.15) is 0 Å². The number of hydrogen-bond donors (Lipinski definition) is 0. The van der Waals surface area contributed by atoms with Crippen LogP contribution in [0.5, 0.6) is 0 Å². The second kappa shape index (κ2) is 4.50. The first kappa shape index (κ1) is 7.34. The fraction of sp³-hybridized carbons (Fsp3) is 0.667. The molecule has 0 unspecified atom stereocenters. The fourth-order valence-electron chi connectivity index (χ4n) is 0.376. The van der Waals surface area contributed by atoms with Crippen LogP contribution in [0.3, 0.4) is 0 Å². The third kappa shape index (κ3) is 5.34. The summed E-state index contributed by atoms with van der Waals surface area (Å²) in [6.45, 7) is 4.18. The average molecular weight is 113 g/mol. The summed E-state index contributed by atoms with van der Waals surface area (Å²) in [6, 6.07) is 0. The lowest BCUT2D eigenvalue weighted by molar-refractivity contribution is 0.663. The van der Waals surface area contributed by atoms with Crippen LogP contribution in [0.4, 0.5) is 0 Å². The van der Waals surface area contributed by atoms with E-state index >= 15 is 0 Å². The molecule has 0 aliphatic rings. The van der Waals surface area contributed by atoms with Gasteiger partial charge in [0.05, 0.1) is 6.20 Å². The van der Waals surface area contributed by atoms with Crippen LogP contribution in [0, 0.1) is 10.8 Å². The Balaban J connectivity index is 3.15. The van der Waals surface area contributed by atoms with Crippen LogP contribution >= 0.6 is 0 Å². The molecule has 0 N–H and O–H groups in total. The first-order chi connectivity index (χ1) is 3.77. The van der Waals surface area contributed by atoms with Gasteiger partial charge in [-0.05, 0) is 17.5 Å². The predicted molar refractivity (Wildman–Crippen MR) is 34.4 cm³/mol. The van der Waals surface area contributed by atoms with Crippen molar-refractivity contribution in [2.75, 3.05) is 0 Å². The summed E-state index contributed by atoms with van der Waals surface area (Å²) in [5.74, 6) is 0.619. The molecule has 0 radical (unpaired) electrons. The van der Waals surface area contributed by atoms with Crippen molar-refractivity contribution in [2.24, 2.45) is 11.1 Å². The summed E-state index contributed by atoms with van der Waals surface area (Å²) in [5, 5.41) is 2.58. The second-order valence-corrected chi connectivity index (χ2v) is 2.12. The summed E-state index contributed by atoms with van der Waals surface area (Å²) in [7, 11) is 0. The lowest BCUT2D eigenvalue weighted by Gasteiger charge is -1.93. The number of hydrogen-bond acceptors (Lipinski definition) is 2. The van der Waals surface area contributed by atoms with Gasteiger partial charge in [0.15, 0.2) is 0 Å². The highest BCUT2D eigenvalue weighted by atomic mass is 16.2. The molecule has 0 atom stereocenters. The highest BCUT2D eigenvalue weighted by molar-refractivity contribution is 4.79. The topological polar surface area (TPSA) is 29.4 Å². The van der Waals surface area contributed by atoms with Crippen LogP contribution in [0.25, 0.3) is 0 Å². The molecule has 2 nitrogen and oxygen atoms in total. The molecule has 0 bridgehead atoms. The van der Waals surface area contributed by atoms with Crippen molar-refractivity contribution in [2.45, 2.75) is 20.3 Å². The van der Waals surface area contributed by atoms with Gasteiger partial charge in [-0.2, -0.15) is 0 Å². The summed E-state index contributed by atoms with van der Waals surface area (Å²) in [6.07, 6.45) is 4.00. The van der Waals surface area contributed by atoms with Crippen LogP contribution in [0.2, 0.25) is 0 Å². The molecule has 2 heteroatoms. The molecule has 46 valence electrons. The van der Waals surface area contributed by atoms with Crippen molar-refractivity contribution in [1.82, 2.24) is 0 Å². The fourth-order valence-corrected chi connectivity index (χ4v) is 0.376. The quantitative estimate of drug-likeness (QED) is 0.516. The Bertz CT molecular complexity index is 86.5. The van der Waals surface area contributed by atoms with Gasteiger partial charge in [0.2, 0.25) is 0 Å². The zero-order valence-electron chi connectivity index (χ0n) is 5.29. The van der Waals surface area contributed by atoms with Crippen molar-refractivity contribution < 1.29 is 0 Å². The Morgan fingerprint density at radius 1 is 1.62 bits per heavy atom. The van der Waals surface area contributed by atoms with E-state index in [0.717, 1.165) is 6.42 Å². The van der Waals surface area contributed by atoms with Crippen LogP contribution in [0.1, 0.15) is 20.3 Å². The minimum absolute atomic E-state index is 0.619. The van der Waals surface area contributed by atoms with E-state index in [4.69, 9.17) is 0 Å². The summed E-state index contributed by atoms with van der Waals surface area (Å²) < 4.78 is 0. The Kier molecular flexibility index (Phi) is 4.13. The second-order valence-electron chi connectivity index (χ2n) is 2.12. The van der Waals surface area contributed by atoms with E-state index in [-0.39, 0.29) is 0 Å². The van der Waals surface area contributed by atoms with E-state index in [1.54, 1.807) is 6.08 Å². The number of nitrogens with zero attached hydrogens (tertiary/aromatic N) is 1. The van der Waals surface area contributed by atoms with Crippen LogP contribution in [-0.4, -0.2) is 0 Å². The van der Waals surface area contributed by atoms with E-state index in [9.17, 15) is 4.91 Å². The first-order valence-corrected chi connectivity index (χ1v) is 2.75. The molecular formula is C6H11NO. The average Bonchev–Trinajstić information content (AvgIpc) is 1.66. The van der Waals surface area contributed by atoms with Crippen LogP contribution in [0.15, 0.2) is 17.5 Å².